The summed E-state index contributed by atoms with van der Waals surface area (Å²) in [4.78, 5) is 20.1. The maximum Gasteiger partial charge on any atom is 0.270 e. The van der Waals surface area contributed by atoms with Gasteiger partial charge in [0.1, 0.15) is 5.69 Å². The molecule has 1 unspecified atom stereocenters. The van der Waals surface area contributed by atoms with E-state index in [0.717, 1.165) is 17.9 Å². The van der Waals surface area contributed by atoms with E-state index < -0.39 is 0 Å². The zero-order chi connectivity index (χ0) is 14.3. The second-order valence-electron chi connectivity index (χ2n) is 4.22. The van der Waals surface area contributed by atoms with Gasteiger partial charge in [-0.25, -0.2) is 15.8 Å². The smallest absolute Gasteiger partial charge is 0.270 e. The molecule has 1 aromatic rings. The predicted molar refractivity (Wildman–Crippen MR) is 79.1 cm³/mol. The topological polar surface area (TPSA) is 92.9 Å². The number of carbonyl (C=O) groups excluding carboxylic acids is 1. The number of hydrazine groups is 1. The molecule has 0 radical (unpaired) electrons. The Morgan fingerprint density at radius 2 is 2.26 bits per heavy atom. The highest BCUT2D eigenvalue weighted by Gasteiger charge is 2.12. The number of nitrogens with two attached hydrogens (primary N) is 1. The minimum atomic E-state index is -0.198. The summed E-state index contributed by atoms with van der Waals surface area (Å²) in [5, 5.41) is 2.92. The molecule has 1 aromatic heterocycles. The molecule has 1 heterocycles. The number of amides is 1. The van der Waals surface area contributed by atoms with Crippen molar-refractivity contribution in [1.82, 2.24) is 15.3 Å². The summed E-state index contributed by atoms with van der Waals surface area (Å²) in [6.07, 6.45) is 0.941. The molecule has 106 valence electrons. The van der Waals surface area contributed by atoms with Gasteiger partial charge in [-0.1, -0.05) is 6.92 Å². The average Bonchev–Trinajstić information content (AvgIpc) is 2.38. The number of hydrogen-bond acceptors (Lipinski definition) is 6. The third kappa shape index (κ3) is 5.44. The molecule has 1 atom stereocenters. The van der Waals surface area contributed by atoms with Crippen LogP contribution in [0.2, 0.25) is 0 Å². The van der Waals surface area contributed by atoms with E-state index in [1.807, 2.05) is 18.7 Å². The second-order valence-corrected chi connectivity index (χ2v) is 5.62. The van der Waals surface area contributed by atoms with Crippen LogP contribution in [0.25, 0.3) is 0 Å². The van der Waals surface area contributed by atoms with Crippen LogP contribution in [0.4, 0.5) is 5.95 Å². The standard InChI is InChI=1S/C12H21N5OS/c1-4-19-6-5-8(2)14-11(18)10-7-9(3)15-12(16-10)17-13/h7-8H,4-6,13H2,1-3H3,(H,14,18)(H,15,16,17). The lowest BCUT2D eigenvalue weighted by Gasteiger charge is -2.13. The van der Waals surface area contributed by atoms with Gasteiger partial charge in [0, 0.05) is 11.7 Å². The van der Waals surface area contributed by atoms with Crippen molar-refractivity contribution in [1.29, 1.82) is 0 Å². The maximum atomic E-state index is 12.0. The molecule has 4 N–H and O–H groups in total. The molecule has 0 saturated heterocycles. The van der Waals surface area contributed by atoms with Crippen molar-refractivity contribution in [3.05, 3.63) is 17.5 Å². The average molecular weight is 283 g/mol. The summed E-state index contributed by atoms with van der Waals surface area (Å²) in [5.41, 5.74) is 3.38. The van der Waals surface area contributed by atoms with Gasteiger partial charge >= 0.3 is 0 Å². The lowest BCUT2D eigenvalue weighted by atomic mass is 10.2. The zero-order valence-electron chi connectivity index (χ0n) is 11.6. The Bertz CT molecular complexity index is 427. The molecular weight excluding hydrogens is 262 g/mol. The van der Waals surface area contributed by atoms with E-state index in [9.17, 15) is 4.79 Å². The van der Waals surface area contributed by atoms with Crippen LogP contribution in [-0.2, 0) is 0 Å². The lowest BCUT2D eigenvalue weighted by molar-refractivity contribution is 0.0934. The molecule has 0 aromatic carbocycles. The molecule has 0 aliphatic rings. The molecule has 7 heteroatoms. The quantitative estimate of drug-likeness (QED) is 0.397. The number of aromatic nitrogens is 2. The highest BCUT2D eigenvalue weighted by molar-refractivity contribution is 7.99. The van der Waals surface area contributed by atoms with E-state index in [1.54, 1.807) is 13.0 Å². The number of nitrogen functional groups attached to an aromatic ring is 1. The van der Waals surface area contributed by atoms with Crippen LogP contribution in [0.15, 0.2) is 6.07 Å². The van der Waals surface area contributed by atoms with Crippen molar-refractivity contribution in [2.75, 3.05) is 16.9 Å². The van der Waals surface area contributed by atoms with Crippen molar-refractivity contribution in [3.8, 4) is 0 Å². The van der Waals surface area contributed by atoms with Crippen molar-refractivity contribution in [2.24, 2.45) is 5.84 Å². The molecule has 6 nitrogen and oxygen atoms in total. The number of hydrogen-bond donors (Lipinski definition) is 3. The third-order valence-corrected chi connectivity index (χ3v) is 3.43. The molecule has 0 aliphatic heterocycles. The van der Waals surface area contributed by atoms with E-state index in [1.165, 1.54) is 0 Å². The van der Waals surface area contributed by atoms with E-state index >= 15 is 0 Å². The van der Waals surface area contributed by atoms with Gasteiger partial charge < -0.3 is 5.32 Å². The van der Waals surface area contributed by atoms with Crippen molar-refractivity contribution in [2.45, 2.75) is 33.2 Å². The van der Waals surface area contributed by atoms with Gasteiger partial charge in [-0.15, -0.1) is 0 Å². The molecule has 0 aliphatic carbocycles. The molecule has 0 spiro atoms. The highest BCUT2D eigenvalue weighted by atomic mass is 32.2. The lowest BCUT2D eigenvalue weighted by Crippen LogP contribution is -2.33. The summed E-state index contributed by atoms with van der Waals surface area (Å²) in [6, 6.07) is 1.76. The summed E-state index contributed by atoms with van der Waals surface area (Å²) < 4.78 is 0. The van der Waals surface area contributed by atoms with Crippen LogP contribution in [0.1, 0.15) is 36.5 Å². The Morgan fingerprint density at radius 1 is 1.53 bits per heavy atom. The van der Waals surface area contributed by atoms with Crippen LogP contribution in [0.3, 0.4) is 0 Å². The number of anilines is 1. The first kappa shape index (κ1) is 15.7. The Kier molecular flexibility index (Phi) is 6.58. The molecule has 1 amide bonds. The fourth-order valence-electron chi connectivity index (χ4n) is 1.52. The van der Waals surface area contributed by atoms with Crippen molar-refractivity contribution < 1.29 is 4.79 Å². The van der Waals surface area contributed by atoms with Crippen LogP contribution in [0, 0.1) is 6.92 Å². The van der Waals surface area contributed by atoms with Crippen LogP contribution >= 0.6 is 11.8 Å². The van der Waals surface area contributed by atoms with E-state index in [0.29, 0.717) is 11.4 Å². The maximum absolute atomic E-state index is 12.0. The summed E-state index contributed by atoms with van der Waals surface area (Å²) in [5.74, 6) is 7.44. The Balaban J connectivity index is 2.59. The summed E-state index contributed by atoms with van der Waals surface area (Å²) in [7, 11) is 0. The van der Waals surface area contributed by atoms with E-state index in [4.69, 9.17) is 5.84 Å². The zero-order valence-corrected chi connectivity index (χ0v) is 12.4. The van der Waals surface area contributed by atoms with Gasteiger partial charge in [0.15, 0.2) is 0 Å². The van der Waals surface area contributed by atoms with Gasteiger partial charge in [0.05, 0.1) is 0 Å². The summed E-state index contributed by atoms with van der Waals surface area (Å²) in [6.45, 7) is 5.91. The monoisotopic (exact) mass is 283 g/mol. The first-order valence-corrected chi connectivity index (χ1v) is 7.43. The normalized spacial score (nSPS) is 12.0. The van der Waals surface area contributed by atoms with E-state index in [2.05, 4.69) is 27.6 Å². The van der Waals surface area contributed by atoms with Crippen LogP contribution in [-0.4, -0.2) is 33.4 Å². The fourth-order valence-corrected chi connectivity index (χ4v) is 2.33. The van der Waals surface area contributed by atoms with Crippen LogP contribution in [0.5, 0.6) is 0 Å². The molecule has 0 saturated carbocycles. The van der Waals surface area contributed by atoms with Crippen LogP contribution < -0.4 is 16.6 Å². The van der Waals surface area contributed by atoms with Gasteiger partial charge in [-0.2, -0.15) is 11.8 Å². The number of carbonyl (C=O) groups is 1. The number of rotatable bonds is 7. The van der Waals surface area contributed by atoms with Gasteiger partial charge in [0.2, 0.25) is 5.95 Å². The Labute approximate surface area is 117 Å². The minimum Gasteiger partial charge on any atom is -0.348 e. The number of thioether (sulfide) groups is 1. The van der Waals surface area contributed by atoms with Gasteiger partial charge in [0.25, 0.3) is 5.91 Å². The molecule has 1 rings (SSSR count). The third-order valence-electron chi connectivity index (χ3n) is 2.49. The fraction of sp³-hybridized carbons (Fsp3) is 0.583. The molecular formula is C12H21N5OS. The highest BCUT2D eigenvalue weighted by Crippen LogP contribution is 2.06. The Morgan fingerprint density at radius 3 is 2.89 bits per heavy atom. The Hall–Kier alpha value is -1.34. The first-order valence-electron chi connectivity index (χ1n) is 6.27. The SMILES string of the molecule is CCSCCC(C)NC(=O)c1cc(C)nc(NN)n1. The van der Waals surface area contributed by atoms with Gasteiger partial charge in [-0.3, -0.25) is 10.2 Å². The molecule has 0 fully saturated rings. The second kappa shape index (κ2) is 7.96. The number of aryl methyl sites for hydroxylation is 1. The minimum absolute atomic E-state index is 0.121. The van der Waals surface area contributed by atoms with Crippen molar-refractivity contribution in [3.63, 3.8) is 0 Å². The number of nitrogens with zero attached hydrogens (tertiary/aromatic N) is 2. The van der Waals surface area contributed by atoms with Crippen molar-refractivity contribution >= 4 is 23.6 Å². The predicted octanol–water partition coefficient (Wildman–Crippen LogP) is 1.33. The number of nitrogens with one attached hydrogen (secondary N) is 2. The molecule has 0 bridgehead atoms. The molecule has 19 heavy (non-hydrogen) atoms. The van der Waals surface area contributed by atoms with E-state index in [-0.39, 0.29) is 17.9 Å². The summed E-state index contributed by atoms with van der Waals surface area (Å²) >= 11 is 1.86. The largest absolute Gasteiger partial charge is 0.348 e. The van der Waals surface area contributed by atoms with Gasteiger partial charge in [-0.05, 0) is 37.8 Å². The first-order chi connectivity index (χ1) is 9.06.